The number of imidazole rings is 2. The van der Waals surface area contributed by atoms with Gasteiger partial charge >= 0.3 is 0 Å². The minimum atomic E-state index is -0.559. The molecule has 0 radical (unpaired) electrons. The van der Waals surface area contributed by atoms with Crippen LogP contribution in [0.2, 0.25) is 5.02 Å². The smallest absolute Gasteiger partial charge is 0.142 e. The first kappa shape index (κ1) is 19.1. The van der Waals surface area contributed by atoms with E-state index in [4.69, 9.17) is 16.6 Å². The molecule has 0 bridgehead atoms. The van der Waals surface area contributed by atoms with Crippen LogP contribution in [0.1, 0.15) is 24.8 Å². The second kappa shape index (κ2) is 7.74. The zero-order valence-electron chi connectivity index (χ0n) is 16.7. The minimum absolute atomic E-state index is 0.180. The van der Waals surface area contributed by atoms with Gasteiger partial charge in [0.15, 0.2) is 0 Å². The van der Waals surface area contributed by atoms with E-state index in [1.807, 2.05) is 31.3 Å². The summed E-state index contributed by atoms with van der Waals surface area (Å²) >= 11 is 6.51. The van der Waals surface area contributed by atoms with Crippen molar-refractivity contribution < 1.29 is 5.11 Å². The second-order valence-electron chi connectivity index (χ2n) is 7.75. The van der Waals surface area contributed by atoms with Crippen molar-refractivity contribution in [3.63, 3.8) is 0 Å². The lowest BCUT2D eigenvalue weighted by Crippen LogP contribution is -2.36. The summed E-state index contributed by atoms with van der Waals surface area (Å²) in [6.45, 7) is 1.64. The lowest BCUT2D eigenvalue weighted by Gasteiger charge is -2.34. The highest BCUT2D eigenvalue weighted by Gasteiger charge is 2.28. The maximum absolute atomic E-state index is 10.6. The van der Waals surface area contributed by atoms with Gasteiger partial charge in [-0.05, 0) is 37.0 Å². The van der Waals surface area contributed by atoms with Gasteiger partial charge in [-0.2, -0.15) is 0 Å². The third-order valence-electron chi connectivity index (χ3n) is 5.98. The number of aromatic nitrogens is 5. The third kappa shape index (κ3) is 3.34. The van der Waals surface area contributed by atoms with Crippen LogP contribution in [0.3, 0.4) is 0 Å². The van der Waals surface area contributed by atoms with Crippen molar-refractivity contribution in [2.45, 2.75) is 18.9 Å². The predicted molar refractivity (Wildman–Crippen MR) is 117 cm³/mol. The molecule has 0 saturated carbocycles. The average Bonchev–Trinajstić information content (AvgIpc) is 3.43. The Morgan fingerprint density at radius 1 is 1.20 bits per heavy atom. The monoisotopic (exact) mass is 422 g/mol. The van der Waals surface area contributed by atoms with Crippen LogP contribution < -0.4 is 4.90 Å². The number of halogens is 1. The molecule has 1 fully saturated rings. The molecule has 0 spiro atoms. The molecule has 2 N–H and O–H groups in total. The summed E-state index contributed by atoms with van der Waals surface area (Å²) < 4.78 is 2.06. The van der Waals surface area contributed by atoms with E-state index < -0.39 is 6.10 Å². The van der Waals surface area contributed by atoms with Crippen LogP contribution >= 0.6 is 11.6 Å². The number of H-pyrrole nitrogens is 1. The molecule has 1 aliphatic heterocycles. The van der Waals surface area contributed by atoms with Crippen molar-refractivity contribution in [3.05, 3.63) is 59.8 Å². The number of aromatic amines is 1. The molecule has 3 aromatic heterocycles. The number of rotatable bonds is 4. The number of fused-ring (bicyclic) bond motifs is 1. The van der Waals surface area contributed by atoms with Crippen molar-refractivity contribution >= 4 is 28.5 Å². The van der Waals surface area contributed by atoms with E-state index in [0.29, 0.717) is 10.8 Å². The fourth-order valence-corrected chi connectivity index (χ4v) is 4.45. The van der Waals surface area contributed by atoms with E-state index in [0.717, 1.165) is 54.2 Å². The van der Waals surface area contributed by atoms with E-state index in [1.165, 1.54) is 0 Å². The largest absolute Gasteiger partial charge is 0.385 e. The van der Waals surface area contributed by atoms with E-state index in [9.17, 15) is 5.11 Å². The number of para-hydroxylation sites is 2. The van der Waals surface area contributed by atoms with Gasteiger partial charge in [0.1, 0.15) is 23.6 Å². The number of piperidine rings is 1. The molecule has 30 heavy (non-hydrogen) atoms. The first-order valence-electron chi connectivity index (χ1n) is 10.1. The Bertz CT molecular complexity index is 1160. The van der Waals surface area contributed by atoms with E-state index >= 15 is 0 Å². The number of hydrogen-bond acceptors (Lipinski definition) is 5. The zero-order chi connectivity index (χ0) is 20.7. The second-order valence-corrected chi connectivity index (χ2v) is 8.16. The molecule has 8 heteroatoms. The Morgan fingerprint density at radius 3 is 2.73 bits per heavy atom. The van der Waals surface area contributed by atoms with E-state index in [1.54, 1.807) is 18.6 Å². The first-order chi connectivity index (χ1) is 14.6. The normalized spacial score (nSPS) is 16.3. The van der Waals surface area contributed by atoms with Gasteiger partial charge in [-0.25, -0.2) is 15.0 Å². The molecule has 5 rings (SSSR count). The average molecular weight is 423 g/mol. The van der Waals surface area contributed by atoms with Crippen LogP contribution in [0.25, 0.3) is 22.4 Å². The highest BCUT2D eigenvalue weighted by atomic mass is 35.5. The summed E-state index contributed by atoms with van der Waals surface area (Å²) in [6, 6.07) is 10.1. The first-order valence-corrected chi connectivity index (χ1v) is 10.5. The molecule has 1 atom stereocenters. The fourth-order valence-electron chi connectivity index (χ4n) is 4.27. The van der Waals surface area contributed by atoms with Crippen molar-refractivity contribution in [2.24, 2.45) is 13.0 Å². The van der Waals surface area contributed by atoms with Gasteiger partial charge in [0.2, 0.25) is 0 Å². The molecule has 4 aromatic rings. The Balaban J connectivity index is 1.38. The Hall–Kier alpha value is -2.90. The fraction of sp³-hybridized carbons (Fsp3) is 0.318. The number of aliphatic hydroxyl groups excluding tert-OH is 1. The van der Waals surface area contributed by atoms with Crippen molar-refractivity contribution in [3.8, 4) is 11.4 Å². The summed E-state index contributed by atoms with van der Waals surface area (Å²) in [5.74, 6) is 2.53. The standard InChI is InChI=1S/C22H23ClN6O/c1-28-18-5-3-2-4-17(18)27-22(28)15-12-19(26-13-16(15)23)29-10-6-14(7-11-29)20(30)21-24-8-9-25-21/h2-5,8-9,12-14,20,30H,6-7,10-11H2,1H3,(H,24,25). The van der Waals surface area contributed by atoms with Gasteiger partial charge in [0.05, 0.1) is 16.1 Å². The maximum Gasteiger partial charge on any atom is 0.142 e. The Morgan fingerprint density at radius 2 is 2.00 bits per heavy atom. The number of nitrogens with one attached hydrogen (secondary N) is 1. The van der Waals surface area contributed by atoms with Gasteiger partial charge < -0.3 is 19.6 Å². The van der Waals surface area contributed by atoms with Crippen LogP contribution in [0.15, 0.2) is 48.9 Å². The molecule has 1 saturated heterocycles. The molecular formula is C22H23ClN6O. The predicted octanol–water partition coefficient (Wildman–Crippen LogP) is 3.96. The minimum Gasteiger partial charge on any atom is -0.385 e. The van der Waals surface area contributed by atoms with Crippen molar-refractivity contribution in [1.29, 1.82) is 0 Å². The van der Waals surface area contributed by atoms with Crippen LogP contribution in [0.4, 0.5) is 5.82 Å². The van der Waals surface area contributed by atoms with Gasteiger partial charge in [0.25, 0.3) is 0 Å². The van der Waals surface area contributed by atoms with Gasteiger partial charge in [-0.15, -0.1) is 0 Å². The Kier molecular flexibility index (Phi) is 4.92. The summed E-state index contributed by atoms with van der Waals surface area (Å²) in [7, 11) is 2.00. The molecule has 154 valence electrons. The van der Waals surface area contributed by atoms with Crippen LogP contribution in [0.5, 0.6) is 0 Å². The molecule has 1 aliphatic rings. The SMILES string of the molecule is Cn1c(-c2cc(N3CCC(C(O)c4ncc[nH]4)CC3)ncc2Cl)nc2ccccc21. The highest BCUT2D eigenvalue weighted by Crippen LogP contribution is 2.34. The molecule has 1 unspecified atom stereocenters. The molecule has 1 aromatic carbocycles. The van der Waals surface area contributed by atoms with Crippen LogP contribution in [-0.4, -0.2) is 42.7 Å². The maximum atomic E-state index is 10.6. The summed E-state index contributed by atoms with van der Waals surface area (Å²) in [4.78, 5) is 18.8. The number of aliphatic hydroxyl groups is 1. The third-order valence-corrected chi connectivity index (χ3v) is 6.28. The number of nitrogens with zero attached hydrogens (tertiary/aromatic N) is 5. The highest BCUT2D eigenvalue weighted by molar-refractivity contribution is 6.33. The van der Waals surface area contributed by atoms with Gasteiger partial charge in [0, 0.05) is 44.3 Å². The summed E-state index contributed by atoms with van der Waals surface area (Å²) in [6.07, 6.45) is 6.30. The molecule has 0 aliphatic carbocycles. The Labute approximate surface area is 179 Å². The number of anilines is 1. The number of hydrogen-bond donors (Lipinski definition) is 2. The molecule has 7 nitrogen and oxygen atoms in total. The lowest BCUT2D eigenvalue weighted by atomic mass is 9.91. The van der Waals surface area contributed by atoms with Crippen LogP contribution in [0, 0.1) is 5.92 Å². The topological polar surface area (TPSA) is 82.9 Å². The van der Waals surface area contributed by atoms with Crippen molar-refractivity contribution in [1.82, 2.24) is 24.5 Å². The molecule has 0 amide bonds. The number of pyridine rings is 1. The van der Waals surface area contributed by atoms with Gasteiger partial charge in [-0.3, -0.25) is 0 Å². The number of aryl methyl sites for hydroxylation is 1. The molecule has 4 heterocycles. The van der Waals surface area contributed by atoms with Crippen LogP contribution in [-0.2, 0) is 7.05 Å². The van der Waals surface area contributed by atoms with Gasteiger partial charge in [-0.1, -0.05) is 23.7 Å². The lowest BCUT2D eigenvalue weighted by molar-refractivity contribution is 0.0856. The quantitative estimate of drug-likeness (QED) is 0.520. The summed E-state index contributed by atoms with van der Waals surface area (Å²) in [5, 5.41) is 11.1. The number of benzene rings is 1. The molecular weight excluding hydrogens is 400 g/mol. The van der Waals surface area contributed by atoms with E-state index in [2.05, 4.69) is 30.5 Å². The van der Waals surface area contributed by atoms with Crippen molar-refractivity contribution in [2.75, 3.05) is 18.0 Å². The summed E-state index contributed by atoms with van der Waals surface area (Å²) in [5.41, 5.74) is 2.88. The zero-order valence-corrected chi connectivity index (χ0v) is 17.4. The van der Waals surface area contributed by atoms with E-state index in [-0.39, 0.29) is 5.92 Å².